The summed E-state index contributed by atoms with van der Waals surface area (Å²) in [6, 6.07) is 0. The van der Waals surface area contributed by atoms with Crippen molar-refractivity contribution < 1.29 is 0 Å². The Kier molecular flexibility index (Phi) is 5.04. The standard InChI is InChI=1S/C10H18N6/c1-4-7-13-10-15-8(11-5-2)14-9(16-10)12-6-3/h4H,1,5-7H2,2-3H3,(H3,11,12,13,14,15,16). The van der Waals surface area contributed by atoms with Crippen LogP contribution in [0.25, 0.3) is 0 Å². The highest BCUT2D eigenvalue weighted by molar-refractivity contribution is 5.42. The van der Waals surface area contributed by atoms with Crippen LogP contribution in [0, 0.1) is 0 Å². The molecule has 0 aliphatic rings. The molecule has 0 aliphatic carbocycles. The minimum Gasteiger partial charge on any atom is -0.354 e. The summed E-state index contributed by atoms with van der Waals surface area (Å²) in [6.45, 7) is 9.79. The van der Waals surface area contributed by atoms with E-state index in [1.54, 1.807) is 6.08 Å². The van der Waals surface area contributed by atoms with Gasteiger partial charge in [-0.05, 0) is 13.8 Å². The molecule has 3 N–H and O–H groups in total. The lowest BCUT2D eigenvalue weighted by atomic mass is 10.6. The topological polar surface area (TPSA) is 74.8 Å². The molecule has 0 radical (unpaired) electrons. The molecular formula is C10H18N6. The van der Waals surface area contributed by atoms with Crippen LogP contribution in [0.15, 0.2) is 12.7 Å². The van der Waals surface area contributed by atoms with Crippen LogP contribution in [0.1, 0.15) is 13.8 Å². The Morgan fingerprint density at radius 3 is 1.75 bits per heavy atom. The number of hydrogen-bond donors (Lipinski definition) is 3. The Bertz CT molecular complexity index is 314. The van der Waals surface area contributed by atoms with Crippen molar-refractivity contribution in [3.63, 3.8) is 0 Å². The van der Waals surface area contributed by atoms with Gasteiger partial charge in [-0.25, -0.2) is 0 Å². The molecule has 1 aromatic rings. The summed E-state index contributed by atoms with van der Waals surface area (Å²) in [6.07, 6.45) is 1.75. The fraction of sp³-hybridized carbons (Fsp3) is 0.500. The fourth-order valence-electron chi connectivity index (χ4n) is 1.09. The van der Waals surface area contributed by atoms with Gasteiger partial charge < -0.3 is 16.0 Å². The second-order valence-corrected chi connectivity index (χ2v) is 3.04. The van der Waals surface area contributed by atoms with Gasteiger partial charge in [0.05, 0.1) is 0 Å². The Labute approximate surface area is 95.6 Å². The quantitative estimate of drug-likeness (QED) is 0.604. The summed E-state index contributed by atoms with van der Waals surface area (Å²) < 4.78 is 0. The molecule has 1 heterocycles. The van der Waals surface area contributed by atoms with Crippen LogP contribution >= 0.6 is 0 Å². The molecule has 0 saturated heterocycles. The van der Waals surface area contributed by atoms with Crippen LogP contribution in [0.5, 0.6) is 0 Å². The summed E-state index contributed by atoms with van der Waals surface area (Å²) in [7, 11) is 0. The average Bonchev–Trinajstić information content (AvgIpc) is 2.27. The Morgan fingerprint density at radius 1 is 0.938 bits per heavy atom. The zero-order valence-electron chi connectivity index (χ0n) is 9.75. The molecule has 0 unspecified atom stereocenters. The summed E-state index contributed by atoms with van der Waals surface area (Å²) in [5.41, 5.74) is 0. The van der Waals surface area contributed by atoms with Crippen molar-refractivity contribution in [3.8, 4) is 0 Å². The Morgan fingerprint density at radius 2 is 1.38 bits per heavy atom. The van der Waals surface area contributed by atoms with Crippen molar-refractivity contribution >= 4 is 17.8 Å². The minimum atomic E-state index is 0.543. The maximum absolute atomic E-state index is 4.21. The summed E-state index contributed by atoms with van der Waals surface area (Å²) in [4.78, 5) is 12.6. The number of nitrogens with zero attached hydrogens (tertiary/aromatic N) is 3. The van der Waals surface area contributed by atoms with Gasteiger partial charge in [-0.1, -0.05) is 6.08 Å². The van der Waals surface area contributed by atoms with Crippen LogP contribution in [0.3, 0.4) is 0 Å². The smallest absolute Gasteiger partial charge is 0.229 e. The first-order chi connectivity index (χ1) is 7.80. The lowest BCUT2D eigenvalue weighted by molar-refractivity contribution is 0.993. The largest absolute Gasteiger partial charge is 0.354 e. The number of aromatic nitrogens is 3. The van der Waals surface area contributed by atoms with Crippen LogP contribution in [-0.4, -0.2) is 34.6 Å². The molecule has 6 heteroatoms. The normalized spacial score (nSPS) is 9.62. The van der Waals surface area contributed by atoms with Gasteiger partial charge in [-0.15, -0.1) is 6.58 Å². The third-order valence-corrected chi connectivity index (χ3v) is 1.71. The highest BCUT2D eigenvalue weighted by Gasteiger charge is 2.03. The highest BCUT2D eigenvalue weighted by Crippen LogP contribution is 2.08. The summed E-state index contributed by atoms with van der Waals surface area (Å²) in [5.74, 6) is 1.68. The maximum Gasteiger partial charge on any atom is 0.229 e. The van der Waals surface area contributed by atoms with Gasteiger partial charge in [0.15, 0.2) is 0 Å². The fourth-order valence-corrected chi connectivity index (χ4v) is 1.09. The second kappa shape index (κ2) is 6.60. The Balaban J connectivity index is 2.84. The van der Waals surface area contributed by atoms with Crippen LogP contribution in [-0.2, 0) is 0 Å². The predicted molar refractivity (Wildman–Crippen MR) is 66.8 cm³/mol. The van der Waals surface area contributed by atoms with E-state index in [1.807, 2.05) is 13.8 Å². The van der Waals surface area contributed by atoms with Gasteiger partial charge in [0, 0.05) is 19.6 Å². The van der Waals surface area contributed by atoms with E-state index in [9.17, 15) is 0 Å². The molecule has 88 valence electrons. The second-order valence-electron chi connectivity index (χ2n) is 3.04. The third-order valence-electron chi connectivity index (χ3n) is 1.71. The zero-order chi connectivity index (χ0) is 11.8. The van der Waals surface area contributed by atoms with E-state index in [0.29, 0.717) is 24.4 Å². The summed E-state index contributed by atoms with van der Waals surface area (Å²) >= 11 is 0. The molecule has 0 saturated carbocycles. The molecule has 16 heavy (non-hydrogen) atoms. The number of hydrogen-bond acceptors (Lipinski definition) is 6. The highest BCUT2D eigenvalue weighted by atomic mass is 15.3. The van der Waals surface area contributed by atoms with Crippen LogP contribution < -0.4 is 16.0 Å². The van der Waals surface area contributed by atoms with E-state index >= 15 is 0 Å². The first-order valence-electron chi connectivity index (χ1n) is 5.38. The first-order valence-corrected chi connectivity index (χ1v) is 5.38. The molecule has 6 nitrogen and oxygen atoms in total. The van der Waals surface area contributed by atoms with Crippen molar-refractivity contribution in [2.24, 2.45) is 0 Å². The van der Waals surface area contributed by atoms with Crippen molar-refractivity contribution in [1.82, 2.24) is 15.0 Å². The van der Waals surface area contributed by atoms with Gasteiger partial charge in [-0.3, -0.25) is 0 Å². The average molecular weight is 222 g/mol. The van der Waals surface area contributed by atoms with E-state index in [4.69, 9.17) is 0 Å². The molecule has 0 fully saturated rings. The minimum absolute atomic E-state index is 0.543. The van der Waals surface area contributed by atoms with Gasteiger partial charge >= 0.3 is 0 Å². The number of rotatable bonds is 7. The van der Waals surface area contributed by atoms with Crippen molar-refractivity contribution in [1.29, 1.82) is 0 Å². The SMILES string of the molecule is C=CCNc1nc(NCC)nc(NCC)n1. The molecule has 0 bridgehead atoms. The first kappa shape index (κ1) is 12.2. The monoisotopic (exact) mass is 222 g/mol. The molecule has 0 atom stereocenters. The van der Waals surface area contributed by atoms with E-state index in [2.05, 4.69) is 37.5 Å². The van der Waals surface area contributed by atoms with Gasteiger partial charge in [-0.2, -0.15) is 15.0 Å². The third kappa shape index (κ3) is 3.72. The lowest BCUT2D eigenvalue weighted by Crippen LogP contribution is -2.12. The van der Waals surface area contributed by atoms with Crippen molar-refractivity contribution in [2.45, 2.75) is 13.8 Å². The van der Waals surface area contributed by atoms with Gasteiger partial charge in [0.2, 0.25) is 17.8 Å². The van der Waals surface area contributed by atoms with Gasteiger partial charge in [0.1, 0.15) is 0 Å². The maximum atomic E-state index is 4.21. The van der Waals surface area contributed by atoms with E-state index in [-0.39, 0.29) is 0 Å². The van der Waals surface area contributed by atoms with Crippen molar-refractivity contribution in [3.05, 3.63) is 12.7 Å². The molecule has 1 aromatic heterocycles. The number of nitrogens with one attached hydrogen (secondary N) is 3. The van der Waals surface area contributed by atoms with Crippen LogP contribution in [0.2, 0.25) is 0 Å². The molecule has 1 rings (SSSR count). The van der Waals surface area contributed by atoms with Crippen molar-refractivity contribution in [2.75, 3.05) is 35.6 Å². The molecule has 0 amide bonds. The lowest BCUT2D eigenvalue weighted by Gasteiger charge is -2.08. The van der Waals surface area contributed by atoms with E-state index < -0.39 is 0 Å². The Hall–Kier alpha value is -1.85. The predicted octanol–water partition coefficient (Wildman–Crippen LogP) is 1.33. The molecular weight excluding hydrogens is 204 g/mol. The van der Waals surface area contributed by atoms with Gasteiger partial charge in [0.25, 0.3) is 0 Å². The van der Waals surface area contributed by atoms with Crippen LogP contribution in [0.4, 0.5) is 17.8 Å². The zero-order valence-corrected chi connectivity index (χ0v) is 9.75. The van der Waals surface area contributed by atoms with E-state index in [0.717, 1.165) is 13.1 Å². The molecule has 0 spiro atoms. The summed E-state index contributed by atoms with van der Waals surface area (Å²) in [5, 5.41) is 9.14. The molecule has 0 aromatic carbocycles. The van der Waals surface area contributed by atoms with E-state index in [1.165, 1.54) is 0 Å². The molecule has 0 aliphatic heterocycles. The number of anilines is 3.